The lowest BCUT2D eigenvalue weighted by Gasteiger charge is -2.29. The maximum atomic E-state index is 12.2. The summed E-state index contributed by atoms with van der Waals surface area (Å²) >= 11 is 12.2. The summed E-state index contributed by atoms with van der Waals surface area (Å²) in [5, 5.41) is 3.80. The van der Waals surface area contributed by atoms with Crippen molar-refractivity contribution in [3.63, 3.8) is 0 Å². The van der Waals surface area contributed by atoms with Gasteiger partial charge in [0.25, 0.3) is 5.91 Å². The van der Waals surface area contributed by atoms with Gasteiger partial charge in [0, 0.05) is 46.4 Å². The van der Waals surface area contributed by atoms with Crippen molar-refractivity contribution in [1.29, 1.82) is 0 Å². The third-order valence-corrected chi connectivity index (χ3v) is 5.70. The minimum absolute atomic E-state index is 0.258. The molecule has 0 radical (unpaired) electrons. The normalized spacial score (nSPS) is 14.8. The minimum Gasteiger partial charge on any atom is -0.447 e. The Morgan fingerprint density at radius 2 is 2.06 bits per heavy atom. The number of aromatic nitrogens is 1. The molecule has 1 fully saturated rings. The number of methoxy groups -OCH3 is 1. The summed E-state index contributed by atoms with van der Waals surface area (Å²) in [6, 6.07) is 5.63. The van der Waals surface area contributed by atoms with Crippen molar-refractivity contribution in [2.45, 2.75) is 13.1 Å². The number of hydrogen-bond acceptors (Lipinski definition) is 7. The number of carbonyl (C=O) groups excluding carboxylic acids is 1. The molecule has 8 nitrogen and oxygen atoms in total. The monoisotopic (exact) mass is 470 g/mol. The Hall–Kier alpha value is -1.68. The average molecular weight is 471 g/mol. The highest BCUT2D eigenvalue weighted by Crippen LogP contribution is 2.23. The number of hydrogen-bond donors (Lipinski definition) is 1. The van der Waals surface area contributed by atoms with Gasteiger partial charge in [-0.05, 0) is 17.7 Å². The standard InChI is InChI=1S/C21H28Cl2N4O4/c1-29-9-4-24-21(28)19-15-31-20(25-19)14-27(6-5-26-7-10-30-11-8-26)13-16-2-3-17(22)18(23)12-16/h2-3,12,15H,4-11,13-14H2,1H3,(H,24,28). The number of halogens is 2. The fraction of sp³-hybridized carbons (Fsp3) is 0.524. The lowest BCUT2D eigenvalue weighted by molar-refractivity contribution is 0.0320. The van der Waals surface area contributed by atoms with E-state index in [1.807, 2.05) is 12.1 Å². The van der Waals surface area contributed by atoms with Crippen LogP contribution in [0.5, 0.6) is 0 Å². The topological polar surface area (TPSA) is 80.1 Å². The van der Waals surface area contributed by atoms with E-state index in [0.29, 0.717) is 42.2 Å². The van der Waals surface area contributed by atoms with Crippen LogP contribution in [-0.2, 0) is 22.6 Å². The molecule has 0 bridgehead atoms. The number of nitrogens with one attached hydrogen (secondary N) is 1. The Morgan fingerprint density at radius 1 is 1.26 bits per heavy atom. The minimum atomic E-state index is -0.281. The van der Waals surface area contributed by atoms with Crippen molar-refractivity contribution in [3.8, 4) is 0 Å². The van der Waals surface area contributed by atoms with Crippen molar-refractivity contribution in [2.75, 3.05) is 59.7 Å². The molecule has 31 heavy (non-hydrogen) atoms. The number of rotatable bonds is 11. The van der Waals surface area contributed by atoms with E-state index in [1.54, 1.807) is 13.2 Å². The molecule has 0 atom stereocenters. The first-order chi connectivity index (χ1) is 15.0. The number of morpholine rings is 1. The maximum Gasteiger partial charge on any atom is 0.273 e. The number of carbonyl (C=O) groups is 1. The van der Waals surface area contributed by atoms with Crippen molar-refractivity contribution in [1.82, 2.24) is 20.1 Å². The SMILES string of the molecule is COCCNC(=O)c1coc(CN(CCN2CCOCC2)Cc2ccc(Cl)c(Cl)c2)n1. The first-order valence-corrected chi connectivity index (χ1v) is 11.0. The molecule has 2 aromatic rings. The van der Waals surface area contributed by atoms with Gasteiger partial charge in [0.1, 0.15) is 6.26 Å². The van der Waals surface area contributed by atoms with Crippen molar-refractivity contribution in [3.05, 3.63) is 51.7 Å². The number of nitrogens with zero attached hydrogens (tertiary/aromatic N) is 3. The lowest BCUT2D eigenvalue weighted by Crippen LogP contribution is -2.41. The second-order valence-electron chi connectivity index (χ2n) is 7.29. The van der Waals surface area contributed by atoms with Gasteiger partial charge in [-0.25, -0.2) is 4.98 Å². The van der Waals surface area contributed by atoms with Crippen LogP contribution in [-0.4, -0.2) is 80.3 Å². The van der Waals surface area contributed by atoms with Crippen LogP contribution in [0.15, 0.2) is 28.9 Å². The van der Waals surface area contributed by atoms with Crippen LogP contribution in [0.3, 0.4) is 0 Å². The fourth-order valence-electron chi connectivity index (χ4n) is 3.25. The largest absolute Gasteiger partial charge is 0.447 e. The summed E-state index contributed by atoms with van der Waals surface area (Å²) in [5.41, 5.74) is 1.30. The lowest BCUT2D eigenvalue weighted by atomic mass is 10.2. The Balaban J connectivity index is 1.63. The fourth-order valence-corrected chi connectivity index (χ4v) is 3.57. The molecule has 0 aliphatic carbocycles. The van der Waals surface area contributed by atoms with Crippen LogP contribution >= 0.6 is 23.2 Å². The molecule has 10 heteroatoms. The quantitative estimate of drug-likeness (QED) is 0.505. The maximum absolute atomic E-state index is 12.2. The zero-order valence-corrected chi connectivity index (χ0v) is 19.1. The highest BCUT2D eigenvalue weighted by molar-refractivity contribution is 6.42. The van der Waals surface area contributed by atoms with E-state index < -0.39 is 0 Å². The summed E-state index contributed by atoms with van der Waals surface area (Å²) < 4.78 is 15.9. The van der Waals surface area contributed by atoms with Crippen molar-refractivity contribution >= 4 is 29.1 Å². The van der Waals surface area contributed by atoms with Gasteiger partial charge in [-0.15, -0.1) is 0 Å². The Labute approximate surface area is 192 Å². The Morgan fingerprint density at radius 3 is 2.81 bits per heavy atom. The highest BCUT2D eigenvalue weighted by atomic mass is 35.5. The van der Waals surface area contributed by atoms with E-state index in [9.17, 15) is 4.79 Å². The molecule has 3 rings (SSSR count). The third-order valence-electron chi connectivity index (χ3n) is 4.96. The first-order valence-electron chi connectivity index (χ1n) is 10.2. The van der Waals surface area contributed by atoms with Crippen LogP contribution in [0.25, 0.3) is 0 Å². The molecule has 0 spiro atoms. The van der Waals surface area contributed by atoms with E-state index >= 15 is 0 Å². The summed E-state index contributed by atoms with van der Waals surface area (Å²) in [6.07, 6.45) is 1.39. The number of benzene rings is 1. The van der Waals surface area contributed by atoms with Crippen LogP contribution in [0.4, 0.5) is 0 Å². The highest BCUT2D eigenvalue weighted by Gasteiger charge is 2.17. The van der Waals surface area contributed by atoms with E-state index in [1.165, 1.54) is 6.26 Å². The van der Waals surface area contributed by atoms with Gasteiger partial charge < -0.3 is 19.2 Å². The molecule has 170 valence electrons. The molecule has 1 aromatic carbocycles. The molecule has 0 unspecified atom stereocenters. The van der Waals surface area contributed by atoms with Gasteiger partial charge in [0.2, 0.25) is 5.89 Å². The van der Waals surface area contributed by atoms with Crippen LogP contribution in [0.1, 0.15) is 21.9 Å². The van der Waals surface area contributed by atoms with Crippen molar-refractivity contribution in [2.24, 2.45) is 0 Å². The van der Waals surface area contributed by atoms with Crippen LogP contribution < -0.4 is 5.32 Å². The molecule has 1 aliphatic heterocycles. The molecule has 1 aromatic heterocycles. The predicted octanol–water partition coefficient (Wildman–Crippen LogP) is 2.69. The first kappa shape index (κ1) is 24.0. The molecule has 1 saturated heterocycles. The van der Waals surface area contributed by atoms with Gasteiger partial charge in [-0.3, -0.25) is 14.6 Å². The molecule has 1 N–H and O–H groups in total. The van der Waals surface area contributed by atoms with Crippen LogP contribution in [0.2, 0.25) is 10.0 Å². The summed E-state index contributed by atoms with van der Waals surface area (Å²) in [5.74, 6) is 0.204. The van der Waals surface area contributed by atoms with Gasteiger partial charge in [0.15, 0.2) is 5.69 Å². The summed E-state index contributed by atoms with van der Waals surface area (Å²) in [6.45, 7) is 7.04. The molecular formula is C21H28Cl2N4O4. The molecule has 0 saturated carbocycles. The molecule has 1 amide bonds. The predicted molar refractivity (Wildman–Crippen MR) is 119 cm³/mol. The number of ether oxygens (including phenoxy) is 2. The average Bonchev–Trinajstić information content (AvgIpc) is 3.24. The van der Waals surface area contributed by atoms with Gasteiger partial charge >= 0.3 is 0 Å². The summed E-state index contributed by atoms with van der Waals surface area (Å²) in [4.78, 5) is 21.1. The molecular weight excluding hydrogens is 443 g/mol. The third kappa shape index (κ3) is 7.75. The Kier molecular flexibility index (Phi) is 9.57. The zero-order chi connectivity index (χ0) is 22.1. The van der Waals surface area contributed by atoms with Crippen molar-refractivity contribution < 1.29 is 18.7 Å². The smallest absolute Gasteiger partial charge is 0.273 e. The summed E-state index contributed by atoms with van der Waals surface area (Å²) in [7, 11) is 1.58. The Bertz CT molecular complexity index is 843. The second kappa shape index (κ2) is 12.4. The second-order valence-corrected chi connectivity index (χ2v) is 8.10. The number of amides is 1. The van der Waals surface area contributed by atoms with E-state index in [4.69, 9.17) is 37.1 Å². The van der Waals surface area contributed by atoms with Gasteiger partial charge in [0.05, 0.1) is 36.4 Å². The number of oxazole rings is 1. The van der Waals surface area contributed by atoms with Gasteiger partial charge in [-0.1, -0.05) is 29.3 Å². The van der Waals surface area contributed by atoms with E-state index in [-0.39, 0.29) is 11.6 Å². The molecule has 2 heterocycles. The molecule has 1 aliphatic rings. The van der Waals surface area contributed by atoms with Gasteiger partial charge in [-0.2, -0.15) is 0 Å². The zero-order valence-electron chi connectivity index (χ0n) is 17.6. The van der Waals surface area contributed by atoms with Crippen LogP contribution in [0, 0.1) is 0 Å². The van der Waals surface area contributed by atoms with E-state index in [0.717, 1.165) is 45.0 Å². The van der Waals surface area contributed by atoms with E-state index in [2.05, 4.69) is 20.1 Å².